The summed E-state index contributed by atoms with van der Waals surface area (Å²) in [5, 5.41) is 6.32. The van der Waals surface area contributed by atoms with Crippen LogP contribution in [0, 0.1) is 0 Å². The van der Waals surface area contributed by atoms with E-state index < -0.39 is 0 Å². The SMILES string of the molecule is NC(=O)CC1CN(C(=O)NC2CCCCC2)CCN1. The van der Waals surface area contributed by atoms with Crippen molar-refractivity contribution in [2.24, 2.45) is 5.73 Å². The molecule has 1 aliphatic carbocycles. The van der Waals surface area contributed by atoms with Gasteiger partial charge in [-0.25, -0.2) is 4.79 Å². The molecule has 2 aliphatic rings. The lowest BCUT2D eigenvalue weighted by molar-refractivity contribution is -0.118. The smallest absolute Gasteiger partial charge is 0.317 e. The Bertz CT molecular complexity index is 329. The van der Waals surface area contributed by atoms with Crippen molar-refractivity contribution in [2.45, 2.75) is 50.6 Å². The fourth-order valence-electron chi connectivity index (χ4n) is 2.90. The maximum Gasteiger partial charge on any atom is 0.317 e. The Labute approximate surface area is 114 Å². The van der Waals surface area contributed by atoms with Gasteiger partial charge in [0.25, 0.3) is 0 Å². The molecule has 0 spiro atoms. The first kappa shape index (κ1) is 14.1. The van der Waals surface area contributed by atoms with Crippen molar-refractivity contribution in [1.29, 1.82) is 0 Å². The van der Waals surface area contributed by atoms with E-state index in [0.29, 0.717) is 19.1 Å². The third-order valence-corrected chi connectivity index (χ3v) is 3.92. The molecule has 1 aliphatic heterocycles. The van der Waals surface area contributed by atoms with Crippen LogP contribution in [-0.2, 0) is 4.79 Å². The molecule has 0 aromatic carbocycles. The van der Waals surface area contributed by atoms with Gasteiger partial charge >= 0.3 is 6.03 Å². The van der Waals surface area contributed by atoms with Gasteiger partial charge in [-0.1, -0.05) is 19.3 Å². The van der Waals surface area contributed by atoms with Crippen LogP contribution in [0.5, 0.6) is 0 Å². The summed E-state index contributed by atoms with van der Waals surface area (Å²) in [5.41, 5.74) is 5.20. The minimum absolute atomic E-state index is 0.00266. The summed E-state index contributed by atoms with van der Waals surface area (Å²) >= 11 is 0. The highest BCUT2D eigenvalue weighted by atomic mass is 16.2. The highest BCUT2D eigenvalue weighted by Gasteiger charge is 2.26. The molecule has 4 N–H and O–H groups in total. The van der Waals surface area contributed by atoms with E-state index in [1.807, 2.05) is 0 Å². The first-order chi connectivity index (χ1) is 9.15. The third kappa shape index (κ3) is 4.38. The van der Waals surface area contributed by atoms with Gasteiger partial charge in [0.05, 0.1) is 0 Å². The van der Waals surface area contributed by atoms with Crippen molar-refractivity contribution in [2.75, 3.05) is 19.6 Å². The number of nitrogens with zero attached hydrogens (tertiary/aromatic N) is 1. The van der Waals surface area contributed by atoms with Gasteiger partial charge in [0.2, 0.25) is 5.91 Å². The van der Waals surface area contributed by atoms with Crippen LogP contribution in [-0.4, -0.2) is 48.6 Å². The molecule has 1 atom stereocenters. The summed E-state index contributed by atoms with van der Waals surface area (Å²) in [6, 6.07) is 0.317. The molecule has 0 radical (unpaired) electrons. The van der Waals surface area contributed by atoms with Crippen LogP contribution in [0.1, 0.15) is 38.5 Å². The van der Waals surface area contributed by atoms with Gasteiger partial charge in [0.15, 0.2) is 0 Å². The number of rotatable bonds is 3. The number of nitrogens with one attached hydrogen (secondary N) is 2. The van der Waals surface area contributed by atoms with Gasteiger partial charge in [-0.15, -0.1) is 0 Å². The summed E-state index contributed by atoms with van der Waals surface area (Å²) in [5.74, 6) is -0.327. The second-order valence-electron chi connectivity index (χ2n) is 5.55. The molecule has 108 valence electrons. The van der Waals surface area contributed by atoms with Crippen molar-refractivity contribution in [1.82, 2.24) is 15.5 Å². The summed E-state index contributed by atoms with van der Waals surface area (Å²) in [6.07, 6.45) is 6.15. The van der Waals surface area contributed by atoms with E-state index >= 15 is 0 Å². The largest absolute Gasteiger partial charge is 0.370 e. The first-order valence-corrected chi connectivity index (χ1v) is 7.22. The van der Waals surface area contributed by atoms with Crippen LogP contribution >= 0.6 is 0 Å². The summed E-state index contributed by atoms with van der Waals surface area (Å²) in [6.45, 7) is 1.96. The monoisotopic (exact) mass is 268 g/mol. The molecule has 6 heteroatoms. The average Bonchev–Trinajstić information content (AvgIpc) is 2.39. The van der Waals surface area contributed by atoms with E-state index in [0.717, 1.165) is 19.4 Å². The van der Waals surface area contributed by atoms with Crippen LogP contribution < -0.4 is 16.4 Å². The number of nitrogens with two attached hydrogens (primary N) is 1. The van der Waals surface area contributed by atoms with Crippen molar-refractivity contribution in [3.63, 3.8) is 0 Å². The minimum atomic E-state index is -0.327. The fourth-order valence-corrected chi connectivity index (χ4v) is 2.90. The van der Waals surface area contributed by atoms with E-state index in [2.05, 4.69) is 10.6 Å². The second kappa shape index (κ2) is 6.75. The molecule has 0 aromatic heterocycles. The fraction of sp³-hybridized carbons (Fsp3) is 0.846. The van der Waals surface area contributed by atoms with E-state index in [1.165, 1.54) is 19.3 Å². The van der Waals surface area contributed by atoms with Gasteiger partial charge in [0, 0.05) is 38.1 Å². The van der Waals surface area contributed by atoms with E-state index in [9.17, 15) is 9.59 Å². The minimum Gasteiger partial charge on any atom is -0.370 e. The molecule has 6 nitrogen and oxygen atoms in total. The molecular weight excluding hydrogens is 244 g/mol. The van der Waals surface area contributed by atoms with Gasteiger partial charge in [-0.2, -0.15) is 0 Å². The number of hydrogen-bond acceptors (Lipinski definition) is 3. The summed E-state index contributed by atoms with van der Waals surface area (Å²) in [7, 11) is 0. The Hall–Kier alpha value is -1.30. The number of carbonyl (C=O) groups excluding carboxylic acids is 2. The Morgan fingerprint density at radius 2 is 2.00 bits per heavy atom. The third-order valence-electron chi connectivity index (χ3n) is 3.92. The lowest BCUT2D eigenvalue weighted by Crippen LogP contribution is -2.57. The predicted molar refractivity (Wildman–Crippen MR) is 72.6 cm³/mol. The molecule has 19 heavy (non-hydrogen) atoms. The molecule has 1 heterocycles. The van der Waals surface area contributed by atoms with Crippen LogP contribution in [0.2, 0.25) is 0 Å². The van der Waals surface area contributed by atoms with Gasteiger partial charge < -0.3 is 21.3 Å². The average molecular weight is 268 g/mol. The molecule has 3 amide bonds. The number of hydrogen-bond donors (Lipinski definition) is 3. The number of piperazine rings is 1. The molecule has 1 saturated heterocycles. The van der Waals surface area contributed by atoms with Gasteiger partial charge in [-0.05, 0) is 12.8 Å². The molecule has 2 rings (SSSR count). The topological polar surface area (TPSA) is 87.5 Å². The highest BCUT2D eigenvalue weighted by Crippen LogP contribution is 2.17. The van der Waals surface area contributed by atoms with Crippen LogP contribution in [0.3, 0.4) is 0 Å². The standard InChI is InChI=1S/C13H24N4O2/c14-12(18)8-11-9-17(7-6-15-11)13(19)16-10-4-2-1-3-5-10/h10-11,15H,1-9H2,(H2,14,18)(H,16,19). The zero-order chi connectivity index (χ0) is 13.7. The first-order valence-electron chi connectivity index (χ1n) is 7.22. The van der Waals surface area contributed by atoms with Crippen LogP contribution in [0.25, 0.3) is 0 Å². The van der Waals surface area contributed by atoms with E-state index in [-0.39, 0.29) is 24.4 Å². The lowest BCUT2D eigenvalue weighted by Gasteiger charge is -2.35. The molecule has 0 bridgehead atoms. The van der Waals surface area contributed by atoms with Crippen molar-refractivity contribution in [3.05, 3.63) is 0 Å². The zero-order valence-electron chi connectivity index (χ0n) is 11.4. The zero-order valence-corrected chi connectivity index (χ0v) is 11.4. The number of primary amides is 1. The normalized spacial score (nSPS) is 25.1. The predicted octanol–water partition coefficient (Wildman–Crippen LogP) is 0.178. The number of carbonyl (C=O) groups is 2. The molecule has 2 fully saturated rings. The second-order valence-corrected chi connectivity index (χ2v) is 5.55. The summed E-state index contributed by atoms with van der Waals surface area (Å²) < 4.78 is 0. The Kier molecular flexibility index (Phi) is 5.01. The Balaban J connectivity index is 1.79. The summed E-state index contributed by atoms with van der Waals surface area (Å²) in [4.78, 5) is 24.9. The number of urea groups is 1. The quantitative estimate of drug-likeness (QED) is 0.682. The van der Waals surface area contributed by atoms with Gasteiger partial charge in [0.1, 0.15) is 0 Å². The van der Waals surface area contributed by atoms with E-state index in [4.69, 9.17) is 5.73 Å². The van der Waals surface area contributed by atoms with Crippen LogP contribution in [0.15, 0.2) is 0 Å². The molecule has 0 aromatic rings. The number of amides is 3. The Morgan fingerprint density at radius 3 is 2.68 bits per heavy atom. The molecule has 1 saturated carbocycles. The van der Waals surface area contributed by atoms with Crippen LogP contribution in [0.4, 0.5) is 4.79 Å². The molecular formula is C13H24N4O2. The van der Waals surface area contributed by atoms with E-state index in [1.54, 1.807) is 4.90 Å². The lowest BCUT2D eigenvalue weighted by atomic mass is 9.96. The highest BCUT2D eigenvalue weighted by molar-refractivity contribution is 5.76. The Morgan fingerprint density at radius 1 is 1.26 bits per heavy atom. The van der Waals surface area contributed by atoms with Crippen molar-refractivity contribution in [3.8, 4) is 0 Å². The van der Waals surface area contributed by atoms with Gasteiger partial charge in [-0.3, -0.25) is 4.79 Å². The maximum absolute atomic E-state index is 12.2. The van der Waals surface area contributed by atoms with Crippen molar-refractivity contribution >= 4 is 11.9 Å². The maximum atomic E-state index is 12.2. The van der Waals surface area contributed by atoms with Crippen molar-refractivity contribution < 1.29 is 9.59 Å². The molecule has 1 unspecified atom stereocenters.